The second-order valence-electron chi connectivity index (χ2n) is 5.56. The fourth-order valence-electron chi connectivity index (χ4n) is 2.71. The highest BCUT2D eigenvalue weighted by Gasteiger charge is 2.12. The number of aliphatic carboxylic acids is 1. The molecule has 2 aromatic carbocycles. The molecule has 1 aromatic heterocycles. The van der Waals surface area contributed by atoms with Crippen LogP contribution in [0.2, 0.25) is 0 Å². The molecule has 0 bridgehead atoms. The SMILES string of the molecule is CN(Cc1ccccc1)c1cc(CC(=O)O)nc2ccccc12. The van der Waals surface area contributed by atoms with Crippen molar-refractivity contribution in [3.05, 3.63) is 71.9 Å². The number of hydrogen-bond donors (Lipinski definition) is 1. The van der Waals surface area contributed by atoms with Gasteiger partial charge in [0, 0.05) is 24.7 Å². The van der Waals surface area contributed by atoms with E-state index in [0.717, 1.165) is 23.1 Å². The van der Waals surface area contributed by atoms with E-state index in [1.54, 1.807) is 0 Å². The molecule has 0 unspecified atom stereocenters. The fraction of sp³-hybridized carbons (Fsp3) is 0.158. The van der Waals surface area contributed by atoms with E-state index in [2.05, 4.69) is 22.0 Å². The minimum atomic E-state index is -0.871. The Morgan fingerprint density at radius 3 is 2.52 bits per heavy atom. The number of carboxylic acid groups (broad SMARTS) is 1. The third-order valence-corrected chi connectivity index (χ3v) is 3.75. The zero-order chi connectivity index (χ0) is 16.2. The molecule has 3 rings (SSSR count). The number of carboxylic acids is 1. The van der Waals surface area contributed by atoms with Gasteiger partial charge in [-0.25, -0.2) is 0 Å². The molecule has 0 saturated carbocycles. The van der Waals surface area contributed by atoms with Crippen molar-refractivity contribution in [2.45, 2.75) is 13.0 Å². The summed E-state index contributed by atoms with van der Waals surface area (Å²) in [7, 11) is 2.01. The molecular formula is C19H18N2O2. The number of rotatable bonds is 5. The van der Waals surface area contributed by atoms with E-state index in [0.29, 0.717) is 5.69 Å². The lowest BCUT2D eigenvalue weighted by Gasteiger charge is -2.22. The first-order chi connectivity index (χ1) is 11.1. The molecule has 0 saturated heterocycles. The first kappa shape index (κ1) is 15.0. The van der Waals surface area contributed by atoms with Gasteiger partial charge in [0.1, 0.15) is 0 Å². The number of aromatic nitrogens is 1. The highest BCUT2D eigenvalue weighted by molar-refractivity contribution is 5.92. The van der Waals surface area contributed by atoms with Crippen LogP contribution in [0, 0.1) is 0 Å². The Kier molecular flexibility index (Phi) is 4.24. The van der Waals surface area contributed by atoms with Crippen LogP contribution in [-0.2, 0) is 17.8 Å². The second-order valence-corrected chi connectivity index (χ2v) is 5.56. The van der Waals surface area contributed by atoms with Crippen LogP contribution in [0.25, 0.3) is 10.9 Å². The van der Waals surface area contributed by atoms with Crippen LogP contribution in [0.15, 0.2) is 60.7 Å². The predicted molar refractivity (Wildman–Crippen MR) is 91.6 cm³/mol. The normalized spacial score (nSPS) is 10.7. The van der Waals surface area contributed by atoms with Crippen molar-refractivity contribution in [3.8, 4) is 0 Å². The maximum absolute atomic E-state index is 11.0. The average Bonchev–Trinajstić information content (AvgIpc) is 2.54. The van der Waals surface area contributed by atoms with E-state index in [4.69, 9.17) is 5.11 Å². The van der Waals surface area contributed by atoms with Gasteiger partial charge in [0.15, 0.2) is 0 Å². The molecule has 0 aliphatic heterocycles. The number of benzene rings is 2. The molecule has 0 radical (unpaired) electrons. The van der Waals surface area contributed by atoms with E-state index in [-0.39, 0.29) is 6.42 Å². The van der Waals surface area contributed by atoms with Gasteiger partial charge in [-0.3, -0.25) is 9.78 Å². The van der Waals surface area contributed by atoms with E-state index >= 15 is 0 Å². The minimum absolute atomic E-state index is 0.0724. The first-order valence-corrected chi connectivity index (χ1v) is 7.49. The summed E-state index contributed by atoms with van der Waals surface area (Å²) < 4.78 is 0. The summed E-state index contributed by atoms with van der Waals surface area (Å²) >= 11 is 0. The van der Waals surface area contributed by atoms with Gasteiger partial charge in [-0.1, -0.05) is 48.5 Å². The van der Waals surface area contributed by atoms with Gasteiger partial charge in [-0.05, 0) is 17.7 Å². The van der Waals surface area contributed by atoms with E-state index in [9.17, 15) is 4.79 Å². The Morgan fingerprint density at radius 2 is 1.78 bits per heavy atom. The summed E-state index contributed by atoms with van der Waals surface area (Å²) in [6, 6.07) is 19.9. The zero-order valence-electron chi connectivity index (χ0n) is 12.9. The van der Waals surface area contributed by atoms with Crippen LogP contribution in [0.4, 0.5) is 5.69 Å². The Hall–Kier alpha value is -2.88. The molecule has 0 spiro atoms. The molecule has 4 nitrogen and oxygen atoms in total. The summed E-state index contributed by atoms with van der Waals surface area (Å²) in [5.74, 6) is -0.871. The molecular weight excluding hydrogens is 288 g/mol. The number of pyridine rings is 1. The molecule has 116 valence electrons. The molecule has 4 heteroatoms. The summed E-state index contributed by atoms with van der Waals surface area (Å²) in [6.45, 7) is 0.751. The molecule has 23 heavy (non-hydrogen) atoms. The third-order valence-electron chi connectivity index (χ3n) is 3.75. The Morgan fingerprint density at radius 1 is 1.09 bits per heavy atom. The number of anilines is 1. The number of carbonyl (C=O) groups is 1. The highest BCUT2D eigenvalue weighted by Crippen LogP contribution is 2.27. The Bertz CT molecular complexity index is 831. The first-order valence-electron chi connectivity index (χ1n) is 7.49. The largest absolute Gasteiger partial charge is 0.481 e. The summed E-state index contributed by atoms with van der Waals surface area (Å²) in [4.78, 5) is 17.6. The van der Waals surface area contributed by atoms with Crippen molar-refractivity contribution in [1.82, 2.24) is 4.98 Å². The van der Waals surface area contributed by atoms with Crippen molar-refractivity contribution in [1.29, 1.82) is 0 Å². The highest BCUT2D eigenvalue weighted by atomic mass is 16.4. The topological polar surface area (TPSA) is 53.4 Å². The van der Waals surface area contributed by atoms with Crippen LogP contribution in [0.3, 0.4) is 0 Å². The zero-order valence-corrected chi connectivity index (χ0v) is 12.9. The van der Waals surface area contributed by atoms with Crippen LogP contribution < -0.4 is 4.90 Å². The predicted octanol–water partition coefficient (Wildman–Crippen LogP) is 3.50. The molecule has 3 aromatic rings. The lowest BCUT2D eigenvalue weighted by atomic mass is 10.1. The molecule has 0 amide bonds. The van der Waals surface area contributed by atoms with Crippen LogP contribution in [-0.4, -0.2) is 23.1 Å². The monoisotopic (exact) mass is 306 g/mol. The fourth-order valence-corrected chi connectivity index (χ4v) is 2.71. The number of para-hydroxylation sites is 1. The Balaban J connectivity index is 2.01. The lowest BCUT2D eigenvalue weighted by molar-refractivity contribution is -0.136. The van der Waals surface area contributed by atoms with Gasteiger partial charge >= 0.3 is 5.97 Å². The smallest absolute Gasteiger partial charge is 0.309 e. The van der Waals surface area contributed by atoms with Crippen molar-refractivity contribution < 1.29 is 9.90 Å². The number of hydrogen-bond acceptors (Lipinski definition) is 3. The maximum Gasteiger partial charge on any atom is 0.309 e. The molecule has 0 fully saturated rings. The summed E-state index contributed by atoms with van der Waals surface area (Å²) in [5.41, 5.74) is 3.60. The van der Waals surface area contributed by atoms with Gasteiger partial charge < -0.3 is 10.0 Å². The van der Waals surface area contributed by atoms with Gasteiger partial charge in [-0.2, -0.15) is 0 Å². The van der Waals surface area contributed by atoms with Crippen molar-refractivity contribution >= 4 is 22.6 Å². The van der Waals surface area contributed by atoms with E-state index in [1.807, 2.05) is 55.6 Å². The summed E-state index contributed by atoms with van der Waals surface area (Å²) in [6.07, 6.45) is -0.0724. The van der Waals surface area contributed by atoms with Gasteiger partial charge in [-0.15, -0.1) is 0 Å². The van der Waals surface area contributed by atoms with Gasteiger partial charge in [0.25, 0.3) is 0 Å². The second kappa shape index (κ2) is 6.48. The van der Waals surface area contributed by atoms with Crippen LogP contribution in [0.1, 0.15) is 11.3 Å². The molecule has 0 aliphatic rings. The summed E-state index contributed by atoms with van der Waals surface area (Å²) in [5, 5.41) is 10.1. The van der Waals surface area contributed by atoms with Crippen molar-refractivity contribution in [2.75, 3.05) is 11.9 Å². The Labute approximate surface area is 135 Å². The minimum Gasteiger partial charge on any atom is -0.481 e. The standard InChI is InChI=1S/C19H18N2O2/c1-21(13-14-7-3-2-4-8-14)18-11-15(12-19(22)23)20-17-10-6-5-9-16(17)18/h2-11H,12-13H2,1H3,(H,22,23). The molecule has 0 atom stereocenters. The van der Waals surface area contributed by atoms with Crippen LogP contribution in [0.5, 0.6) is 0 Å². The van der Waals surface area contributed by atoms with Crippen LogP contribution >= 0.6 is 0 Å². The van der Waals surface area contributed by atoms with Gasteiger partial charge in [0.05, 0.1) is 17.6 Å². The molecule has 1 heterocycles. The number of nitrogens with zero attached hydrogens (tertiary/aromatic N) is 2. The van der Waals surface area contributed by atoms with Gasteiger partial charge in [0.2, 0.25) is 0 Å². The van der Waals surface area contributed by atoms with E-state index in [1.165, 1.54) is 5.56 Å². The quantitative estimate of drug-likeness (QED) is 0.784. The van der Waals surface area contributed by atoms with Crippen molar-refractivity contribution in [3.63, 3.8) is 0 Å². The molecule has 1 N–H and O–H groups in total. The maximum atomic E-state index is 11.0. The third kappa shape index (κ3) is 3.48. The molecule has 0 aliphatic carbocycles. The van der Waals surface area contributed by atoms with Crippen molar-refractivity contribution in [2.24, 2.45) is 0 Å². The number of fused-ring (bicyclic) bond motifs is 1. The lowest BCUT2D eigenvalue weighted by Crippen LogP contribution is -2.17. The average molecular weight is 306 g/mol. The van der Waals surface area contributed by atoms with E-state index < -0.39 is 5.97 Å².